The molecule has 2 unspecified atom stereocenters. The summed E-state index contributed by atoms with van der Waals surface area (Å²) in [7, 11) is -1.53. The van der Waals surface area contributed by atoms with Crippen LogP contribution < -0.4 is 15.9 Å². The molecule has 1 aromatic rings. The number of hydrazine groups is 1. The summed E-state index contributed by atoms with van der Waals surface area (Å²) in [5.41, 5.74) is 5.47. The number of amides is 3. The second kappa shape index (κ2) is 10.7. The van der Waals surface area contributed by atoms with Gasteiger partial charge >= 0.3 is 0 Å². The minimum absolute atomic E-state index is 0.187. The van der Waals surface area contributed by atoms with Crippen molar-refractivity contribution < 1.29 is 23.0 Å². The smallest absolute Gasteiger partial charge is 0.291 e. The number of hydrogen-bond donors (Lipinski definition) is 3. The third-order valence-electron chi connectivity index (χ3n) is 2.83. The van der Waals surface area contributed by atoms with Gasteiger partial charge in [0.1, 0.15) is 0 Å². The van der Waals surface area contributed by atoms with Gasteiger partial charge in [0.25, 0.3) is 17.4 Å². The summed E-state index contributed by atoms with van der Waals surface area (Å²) in [5.74, 6) is -2.54. The van der Waals surface area contributed by atoms with Gasteiger partial charge in [-0.25, -0.2) is 18.3 Å². The SMILES string of the molecule is NC(=O)CCN(NC(=O)CNS(=O)Cc1ccccc1)C(=O)C(F)Cl. The predicted molar refractivity (Wildman–Crippen MR) is 90.7 cm³/mol. The van der Waals surface area contributed by atoms with Gasteiger partial charge in [-0.1, -0.05) is 41.9 Å². The molecule has 0 aliphatic carbocycles. The van der Waals surface area contributed by atoms with Crippen molar-refractivity contribution in [2.45, 2.75) is 17.8 Å². The summed E-state index contributed by atoms with van der Waals surface area (Å²) in [6.45, 7) is -0.723. The minimum Gasteiger partial charge on any atom is -0.370 e. The Hall–Kier alpha value is -2.04. The van der Waals surface area contributed by atoms with E-state index >= 15 is 0 Å². The van der Waals surface area contributed by atoms with E-state index in [1.54, 1.807) is 24.3 Å². The Kier molecular flexibility index (Phi) is 9.03. The number of nitrogens with two attached hydrogens (primary N) is 1. The summed E-state index contributed by atoms with van der Waals surface area (Å²) < 4.78 is 27.2. The molecule has 11 heteroatoms. The number of nitrogens with zero attached hydrogens (tertiary/aromatic N) is 1. The lowest BCUT2D eigenvalue weighted by molar-refractivity contribution is -0.143. The van der Waals surface area contributed by atoms with E-state index < -0.39 is 34.3 Å². The first-order valence-electron chi connectivity index (χ1n) is 7.12. The number of carbonyl (C=O) groups is 3. The molecule has 0 radical (unpaired) electrons. The van der Waals surface area contributed by atoms with Gasteiger partial charge in [-0.2, -0.15) is 0 Å². The van der Waals surface area contributed by atoms with Gasteiger partial charge in [-0.15, -0.1) is 0 Å². The number of primary amides is 1. The van der Waals surface area contributed by atoms with Gasteiger partial charge in [0.05, 0.1) is 29.8 Å². The summed E-state index contributed by atoms with van der Waals surface area (Å²) in [6.07, 6.45) is -0.289. The van der Waals surface area contributed by atoms with Gasteiger partial charge in [0.15, 0.2) is 0 Å². The second-order valence-electron chi connectivity index (χ2n) is 4.84. The molecular weight excluding hydrogens is 375 g/mol. The summed E-state index contributed by atoms with van der Waals surface area (Å²) in [4.78, 5) is 34.1. The summed E-state index contributed by atoms with van der Waals surface area (Å²) in [5, 5.41) is 0.562. The third kappa shape index (κ3) is 8.57. The zero-order chi connectivity index (χ0) is 18.8. The molecule has 0 aromatic heterocycles. The molecule has 0 aliphatic heterocycles. The molecule has 0 aliphatic rings. The topological polar surface area (TPSA) is 122 Å². The quantitative estimate of drug-likeness (QED) is 0.395. The fourth-order valence-electron chi connectivity index (χ4n) is 1.67. The second-order valence-corrected chi connectivity index (χ2v) is 6.49. The minimum atomic E-state index is -2.38. The Morgan fingerprint density at radius 1 is 1.28 bits per heavy atom. The summed E-state index contributed by atoms with van der Waals surface area (Å²) in [6, 6.07) is 8.97. The Labute approximate surface area is 151 Å². The van der Waals surface area contributed by atoms with Crippen LogP contribution in [-0.2, 0) is 31.1 Å². The van der Waals surface area contributed by atoms with E-state index in [-0.39, 0.29) is 25.3 Å². The Bertz CT molecular complexity index is 633. The van der Waals surface area contributed by atoms with E-state index in [0.717, 1.165) is 5.56 Å². The number of nitrogens with one attached hydrogen (secondary N) is 2. The van der Waals surface area contributed by atoms with Crippen molar-refractivity contribution in [3.63, 3.8) is 0 Å². The van der Waals surface area contributed by atoms with Crippen molar-refractivity contribution in [3.05, 3.63) is 35.9 Å². The lowest BCUT2D eigenvalue weighted by Crippen LogP contribution is -2.51. The van der Waals surface area contributed by atoms with E-state index in [2.05, 4.69) is 10.1 Å². The molecule has 0 saturated heterocycles. The van der Waals surface area contributed by atoms with Crippen LogP contribution in [0.15, 0.2) is 30.3 Å². The highest BCUT2D eigenvalue weighted by atomic mass is 35.5. The molecule has 4 N–H and O–H groups in total. The maximum Gasteiger partial charge on any atom is 0.291 e. The first-order chi connectivity index (χ1) is 11.8. The normalized spacial score (nSPS) is 12.9. The average molecular weight is 393 g/mol. The van der Waals surface area contributed by atoms with Crippen LogP contribution in [0.25, 0.3) is 0 Å². The molecule has 0 heterocycles. The molecule has 0 saturated carbocycles. The highest BCUT2D eigenvalue weighted by Gasteiger charge is 2.23. The number of rotatable bonds is 9. The van der Waals surface area contributed by atoms with Crippen molar-refractivity contribution in [2.24, 2.45) is 5.73 Å². The molecular formula is C14H18ClFN4O4S. The third-order valence-corrected chi connectivity index (χ3v) is 4.08. The van der Waals surface area contributed by atoms with Crippen molar-refractivity contribution >= 4 is 40.3 Å². The number of alkyl halides is 2. The van der Waals surface area contributed by atoms with Crippen molar-refractivity contribution in [1.29, 1.82) is 0 Å². The predicted octanol–water partition coefficient (Wildman–Crippen LogP) is -0.290. The Balaban J connectivity index is 2.49. The molecule has 138 valence electrons. The standard InChI is InChI=1S/C14H18ClFN4O4S/c15-13(16)14(23)20(7-6-11(17)21)19-12(22)8-18-25(24)9-10-4-2-1-3-5-10/h1-5,13,18H,6-9H2,(H2,17,21)(H,19,22). The maximum absolute atomic E-state index is 12.9. The number of carbonyl (C=O) groups excluding carboxylic acids is 3. The van der Waals surface area contributed by atoms with E-state index in [4.69, 9.17) is 17.3 Å². The Morgan fingerprint density at radius 2 is 1.92 bits per heavy atom. The van der Waals surface area contributed by atoms with Crippen LogP contribution in [0.2, 0.25) is 0 Å². The first-order valence-corrected chi connectivity index (χ1v) is 8.88. The van der Waals surface area contributed by atoms with Crippen molar-refractivity contribution in [3.8, 4) is 0 Å². The van der Waals surface area contributed by atoms with Crippen LogP contribution in [-0.4, -0.2) is 45.7 Å². The highest BCUT2D eigenvalue weighted by Crippen LogP contribution is 2.03. The van der Waals surface area contributed by atoms with Crippen LogP contribution in [0.4, 0.5) is 4.39 Å². The van der Waals surface area contributed by atoms with Crippen LogP contribution >= 0.6 is 11.6 Å². The van der Waals surface area contributed by atoms with E-state index in [9.17, 15) is 23.0 Å². The Morgan fingerprint density at radius 3 is 2.48 bits per heavy atom. The zero-order valence-electron chi connectivity index (χ0n) is 13.1. The average Bonchev–Trinajstić information content (AvgIpc) is 2.56. The van der Waals surface area contributed by atoms with E-state index in [1.165, 1.54) is 0 Å². The van der Waals surface area contributed by atoms with Crippen molar-refractivity contribution in [2.75, 3.05) is 13.1 Å². The number of hydrogen-bond acceptors (Lipinski definition) is 4. The molecule has 0 fully saturated rings. The van der Waals surface area contributed by atoms with Gasteiger partial charge in [0.2, 0.25) is 5.91 Å². The zero-order valence-corrected chi connectivity index (χ0v) is 14.7. The van der Waals surface area contributed by atoms with Gasteiger partial charge in [-0.3, -0.25) is 19.8 Å². The van der Waals surface area contributed by atoms with Crippen LogP contribution in [0.1, 0.15) is 12.0 Å². The van der Waals surface area contributed by atoms with E-state index in [1.807, 2.05) is 6.07 Å². The molecule has 0 spiro atoms. The van der Waals surface area contributed by atoms with E-state index in [0.29, 0.717) is 5.01 Å². The monoisotopic (exact) mass is 392 g/mol. The fraction of sp³-hybridized carbons (Fsp3) is 0.357. The number of halogens is 2. The molecule has 1 aromatic carbocycles. The molecule has 25 heavy (non-hydrogen) atoms. The lowest BCUT2D eigenvalue weighted by Gasteiger charge is -2.22. The maximum atomic E-state index is 12.9. The molecule has 1 rings (SSSR count). The van der Waals surface area contributed by atoms with Crippen LogP contribution in [0.3, 0.4) is 0 Å². The van der Waals surface area contributed by atoms with Gasteiger partial charge in [-0.05, 0) is 5.56 Å². The molecule has 0 bridgehead atoms. The molecule has 2 atom stereocenters. The lowest BCUT2D eigenvalue weighted by atomic mass is 10.2. The van der Waals surface area contributed by atoms with Crippen LogP contribution in [0, 0.1) is 0 Å². The van der Waals surface area contributed by atoms with Crippen LogP contribution in [0.5, 0.6) is 0 Å². The van der Waals surface area contributed by atoms with Crippen molar-refractivity contribution in [1.82, 2.24) is 15.2 Å². The highest BCUT2D eigenvalue weighted by molar-refractivity contribution is 7.82. The first kappa shape index (κ1) is 21.0. The fourth-order valence-corrected chi connectivity index (χ4v) is 2.68. The van der Waals surface area contributed by atoms with Gasteiger partial charge in [0, 0.05) is 6.42 Å². The molecule has 8 nitrogen and oxygen atoms in total. The summed E-state index contributed by atoms with van der Waals surface area (Å²) >= 11 is 5.05. The largest absolute Gasteiger partial charge is 0.370 e. The number of benzene rings is 1. The van der Waals surface area contributed by atoms with Gasteiger partial charge < -0.3 is 5.73 Å². The molecule has 3 amide bonds.